The number of hydrogen-bond donors (Lipinski definition) is 0. The molecule has 2 saturated heterocycles. The third-order valence-electron chi connectivity index (χ3n) is 4.72. The van der Waals surface area contributed by atoms with Gasteiger partial charge in [0.2, 0.25) is 0 Å². The summed E-state index contributed by atoms with van der Waals surface area (Å²) in [5, 5.41) is 0. The molecule has 2 aliphatic rings. The third kappa shape index (κ3) is 2.28. The molecule has 0 aliphatic carbocycles. The highest BCUT2D eigenvalue weighted by Gasteiger charge is 2.39. The molecule has 0 aromatic rings. The standard InChI is InChI=1S/C14H28N2/c1-5-15(4)14-9-12-7-6-8-13(10-14)16(12)11(2)3/h11-14H,5-10H2,1-4H3. The minimum atomic E-state index is 0.739. The van der Waals surface area contributed by atoms with Crippen molar-refractivity contribution >= 4 is 0 Å². The summed E-state index contributed by atoms with van der Waals surface area (Å²) in [7, 11) is 2.30. The number of hydrogen-bond acceptors (Lipinski definition) is 2. The molecule has 2 bridgehead atoms. The summed E-state index contributed by atoms with van der Waals surface area (Å²) in [5.41, 5.74) is 0. The Labute approximate surface area is 101 Å². The van der Waals surface area contributed by atoms with E-state index in [4.69, 9.17) is 0 Å². The van der Waals surface area contributed by atoms with E-state index in [1.54, 1.807) is 0 Å². The summed E-state index contributed by atoms with van der Waals surface area (Å²) < 4.78 is 0. The third-order valence-corrected chi connectivity index (χ3v) is 4.72. The SMILES string of the molecule is CCN(C)C1CC2CCCC(C1)N2C(C)C. The molecule has 2 unspecified atom stereocenters. The Hall–Kier alpha value is -0.0800. The molecule has 2 aliphatic heterocycles. The van der Waals surface area contributed by atoms with Crippen molar-refractivity contribution in [2.24, 2.45) is 0 Å². The van der Waals surface area contributed by atoms with Gasteiger partial charge in [-0.3, -0.25) is 4.90 Å². The van der Waals surface area contributed by atoms with Crippen LogP contribution in [0.5, 0.6) is 0 Å². The van der Waals surface area contributed by atoms with Gasteiger partial charge in [-0.2, -0.15) is 0 Å². The Morgan fingerprint density at radius 3 is 2.19 bits per heavy atom. The van der Waals surface area contributed by atoms with E-state index >= 15 is 0 Å². The minimum absolute atomic E-state index is 0.739. The van der Waals surface area contributed by atoms with E-state index < -0.39 is 0 Å². The first-order valence-corrected chi connectivity index (χ1v) is 7.11. The molecular formula is C14H28N2. The molecule has 0 aromatic carbocycles. The van der Waals surface area contributed by atoms with Crippen molar-refractivity contribution in [1.29, 1.82) is 0 Å². The van der Waals surface area contributed by atoms with Crippen molar-refractivity contribution in [1.82, 2.24) is 9.80 Å². The van der Waals surface area contributed by atoms with Gasteiger partial charge in [-0.15, -0.1) is 0 Å². The van der Waals surface area contributed by atoms with E-state index in [1.807, 2.05) is 0 Å². The lowest BCUT2D eigenvalue weighted by molar-refractivity contribution is -0.0214. The zero-order valence-corrected chi connectivity index (χ0v) is 11.4. The highest BCUT2D eigenvalue weighted by molar-refractivity contribution is 4.96. The molecule has 2 atom stereocenters. The van der Waals surface area contributed by atoms with Crippen molar-refractivity contribution in [2.45, 2.75) is 77.0 Å². The molecule has 2 rings (SSSR count). The van der Waals surface area contributed by atoms with Gasteiger partial charge in [-0.05, 0) is 53.1 Å². The summed E-state index contributed by atoms with van der Waals surface area (Å²) in [4.78, 5) is 5.37. The molecule has 0 radical (unpaired) electrons. The Morgan fingerprint density at radius 1 is 1.19 bits per heavy atom. The first-order chi connectivity index (χ1) is 7.63. The molecule has 16 heavy (non-hydrogen) atoms. The summed E-state index contributed by atoms with van der Waals surface area (Å²) in [6.07, 6.45) is 7.13. The molecule has 2 heteroatoms. The first-order valence-electron chi connectivity index (χ1n) is 7.11. The fraction of sp³-hybridized carbons (Fsp3) is 1.00. The lowest BCUT2D eigenvalue weighted by atomic mass is 9.80. The molecule has 94 valence electrons. The summed E-state index contributed by atoms with van der Waals surface area (Å²) in [6.45, 7) is 8.22. The zero-order chi connectivity index (χ0) is 11.7. The van der Waals surface area contributed by atoms with Crippen molar-refractivity contribution in [3.05, 3.63) is 0 Å². The topological polar surface area (TPSA) is 6.48 Å². The molecular weight excluding hydrogens is 196 g/mol. The Bertz CT molecular complexity index is 213. The van der Waals surface area contributed by atoms with Crippen LogP contribution in [0, 0.1) is 0 Å². The van der Waals surface area contributed by atoms with Gasteiger partial charge in [-0.1, -0.05) is 13.3 Å². The molecule has 2 heterocycles. The van der Waals surface area contributed by atoms with Crippen molar-refractivity contribution in [2.75, 3.05) is 13.6 Å². The smallest absolute Gasteiger partial charge is 0.0122 e. The van der Waals surface area contributed by atoms with Crippen molar-refractivity contribution < 1.29 is 0 Å². The van der Waals surface area contributed by atoms with Gasteiger partial charge in [0.15, 0.2) is 0 Å². The van der Waals surface area contributed by atoms with Gasteiger partial charge in [0.25, 0.3) is 0 Å². The number of fused-ring (bicyclic) bond motifs is 2. The number of rotatable bonds is 3. The van der Waals surface area contributed by atoms with Gasteiger partial charge >= 0.3 is 0 Å². The Morgan fingerprint density at radius 2 is 1.75 bits per heavy atom. The quantitative estimate of drug-likeness (QED) is 0.727. The van der Waals surface area contributed by atoms with E-state index in [1.165, 1.54) is 38.6 Å². The minimum Gasteiger partial charge on any atom is -0.304 e. The summed E-state index contributed by atoms with van der Waals surface area (Å²) >= 11 is 0. The molecule has 0 saturated carbocycles. The van der Waals surface area contributed by atoms with Crippen LogP contribution < -0.4 is 0 Å². The predicted octanol–water partition coefficient (Wildman–Crippen LogP) is 2.73. The van der Waals surface area contributed by atoms with Crippen LogP contribution in [-0.4, -0.2) is 47.6 Å². The van der Waals surface area contributed by atoms with E-state index in [9.17, 15) is 0 Å². The van der Waals surface area contributed by atoms with Crippen LogP contribution in [0.25, 0.3) is 0 Å². The van der Waals surface area contributed by atoms with Gasteiger partial charge in [0.1, 0.15) is 0 Å². The van der Waals surface area contributed by atoms with Crippen LogP contribution in [0.4, 0.5) is 0 Å². The fourth-order valence-corrected chi connectivity index (χ4v) is 3.85. The predicted molar refractivity (Wildman–Crippen MR) is 69.7 cm³/mol. The second kappa shape index (κ2) is 5.05. The first kappa shape index (κ1) is 12.4. The van der Waals surface area contributed by atoms with Gasteiger partial charge in [-0.25, -0.2) is 0 Å². The van der Waals surface area contributed by atoms with Crippen LogP contribution >= 0.6 is 0 Å². The molecule has 0 aromatic heterocycles. The molecule has 2 nitrogen and oxygen atoms in total. The van der Waals surface area contributed by atoms with E-state index in [0.29, 0.717) is 0 Å². The maximum Gasteiger partial charge on any atom is 0.0122 e. The Balaban J connectivity index is 2.05. The molecule has 0 N–H and O–H groups in total. The van der Waals surface area contributed by atoms with Crippen LogP contribution in [0.2, 0.25) is 0 Å². The van der Waals surface area contributed by atoms with E-state index in [0.717, 1.165) is 24.2 Å². The van der Waals surface area contributed by atoms with E-state index in [-0.39, 0.29) is 0 Å². The van der Waals surface area contributed by atoms with Crippen LogP contribution in [-0.2, 0) is 0 Å². The van der Waals surface area contributed by atoms with Crippen LogP contribution in [0.15, 0.2) is 0 Å². The average Bonchev–Trinajstić information content (AvgIpc) is 2.25. The van der Waals surface area contributed by atoms with Crippen LogP contribution in [0.3, 0.4) is 0 Å². The highest BCUT2D eigenvalue weighted by Crippen LogP contribution is 2.36. The largest absolute Gasteiger partial charge is 0.304 e. The molecule has 0 spiro atoms. The van der Waals surface area contributed by atoms with Crippen LogP contribution in [0.1, 0.15) is 52.9 Å². The molecule has 0 amide bonds. The Kier molecular flexibility index (Phi) is 3.91. The number of piperidine rings is 2. The second-order valence-electron chi connectivity index (χ2n) is 5.98. The maximum atomic E-state index is 2.81. The normalized spacial score (nSPS) is 36.0. The summed E-state index contributed by atoms with van der Waals surface area (Å²) in [6, 6.07) is 3.32. The summed E-state index contributed by atoms with van der Waals surface area (Å²) in [5.74, 6) is 0. The second-order valence-corrected chi connectivity index (χ2v) is 5.98. The van der Waals surface area contributed by atoms with Gasteiger partial charge in [0.05, 0.1) is 0 Å². The van der Waals surface area contributed by atoms with Gasteiger partial charge in [0, 0.05) is 24.2 Å². The highest BCUT2D eigenvalue weighted by atomic mass is 15.3. The zero-order valence-electron chi connectivity index (χ0n) is 11.4. The van der Waals surface area contributed by atoms with E-state index in [2.05, 4.69) is 37.6 Å². The average molecular weight is 224 g/mol. The molecule has 2 fully saturated rings. The van der Waals surface area contributed by atoms with Gasteiger partial charge < -0.3 is 4.90 Å². The van der Waals surface area contributed by atoms with Crippen molar-refractivity contribution in [3.63, 3.8) is 0 Å². The maximum absolute atomic E-state index is 2.81. The van der Waals surface area contributed by atoms with Crippen molar-refractivity contribution in [3.8, 4) is 0 Å². The fourth-order valence-electron chi connectivity index (χ4n) is 3.85. The lowest BCUT2D eigenvalue weighted by Crippen LogP contribution is -2.58. The lowest BCUT2D eigenvalue weighted by Gasteiger charge is -2.52. The number of nitrogens with zero attached hydrogens (tertiary/aromatic N) is 2. The monoisotopic (exact) mass is 224 g/mol.